The number of carboxylic acid groups (broad SMARTS) is 1. The molecule has 0 spiro atoms. The Balaban J connectivity index is -0.000000971. The Morgan fingerprint density at radius 2 is 1.09 bits per heavy atom. The normalized spacial score (nSPS) is 14.7. The maximum Gasteiger partial charge on any atom is 0.397 e. The van der Waals surface area contributed by atoms with Gasteiger partial charge in [0.25, 0.3) is 0 Å². The Morgan fingerprint density at radius 3 is 1.47 bits per heavy atom. The van der Waals surface area contributed by atoms with E-state index in [-0.39, 0.29) is 25.4 Å². The molecule has 0 fully saturated rings. The molecular formula is C30H43F15O9S. The highest BCUT2D eigenvalue weighted by atomic mass is 32.2. The summed E-state index contributed by atoms with van der Waals surface area (Å²) in [5.41, 5.74) is -1.94. The van der Waals surface area contributed by atoms with Gasteiger partial charge in [-0.25, -0.2) is 8.78 Å². The molecule has 25 heteroatoms. The molecule has 0 radical (unpaired) electrons. The maximum atomic E-state index is 13.8. The minimum absolute atomic E-state index is 0.00694. The molecule has 3 unspecified atom stereocenters. The molecule has 2 N–H and O–H groups in total. The first-order valence-corrected chi connectivity index (χ1v) is 16.8. The second-order valence-corrected chi connectivity index (χ2v) is 13.9. The number of carbonyl (C=O) groups is 4. The number of hydrogen-bond donors (Lipinski definition) is 2. The van der Waals surface area contributed by atoms with Gasteiger partial charge in [-0.2, -0.15) is 48.3 Å². The number of halogens is 15. The number of alkyl halides is 13. The summed E-state index contributed by atoms with van der Waals surface area (Å²) < 4.78 is 199. The standard InChI is InChI=1S/C15H17F13O2.C15H26O7S.F2/c1-4-10(2,3)9(29)30-6-5-7(13(22,23)24)11(18,19)14(25,26)15(27,28)12(20,21)8(16)17;1-5-15(3,4)14(20)22-7-11(16)6-21-12(17)9-23-8-10(2)13(18)19;1-2/h7-8H,4-6H2,1-3H3;10-11,16H,5-9H2,1-4H3,(H,18,19);. The number of aliphatic hydroxyl groups is 1. The van der Waals surface area contributed by atoms with E-state index in [1.165, 1.54) is 20.8 Å². The lowest BCUT2D eigenvalue weighted by Gasteiger charge is -2.40. The molecular weight excluding hydrogens is 821 g/mol. The first-order valence-electron chi connectivity index (χ1n) is 15.6. The third-order valence-corrected chi connectivity index (χ3v) is 8.88. The Morgan fingerprint density at radius 1 is 0.691 bits per heavy atom. The van der Waals surface area contributed by atoms with Gasteiger partial charge >= 0.3 is 60.2 Å². The number of thioether (sulfide) groups is 1. The summed E-state index contributed by atoms with van der Waals surface area (Å²) in [6.45, 7) is 8.67. The van der Waals surface area contributed by atoms with E-state index < -0.39 is 102 Å². The number of aliphatic carboxylic acids is 1. The molecule has 0 aliphatic carbocycles. The molecule has 0 aromatic rings. The number of esters is 3. The van der Waals surface area contributed by atoms with Crippen LogP contribution in [0.15, 0.2) is 0 Å². The van der Waals surface area contributed by atoms with Gasteiger partial charge in [0, 0.05) is 14.9 Å². The Kier molecular flexibility index (Phi) is 23.4. The van der Waals surface area contributed by atoms with Gasteiger partial charge in [0.1, 0.15) is 25.2 Å². The minimum atomic E-state index is -7.55. The zero-order chi connectivity index (χ0) is 44.6. The van der Waals surface area contributed by atoms with Gasteiger partial charge in [0.15, 0.2) is 0 Å². The van der Waals surface area contributed by atoms with Crippen LogP contribution in [0.5, 0.6) is 0 Å². The van der Waals surface area contributed by atoms with E-state index in [0.29, 0.717) is 12.2 Å². The van der Waals surface area contributed by atoms with Crippen LogP contribution in [0.25, 0.3) is 0 Å². The van der Waals surface area contributed by atoms with Crippen LogP contribution in [-0.4, -0.2) is 108 Å². The maximum absolute atomic E-state index is 13.8. The second kappa shape index (κ2) is 22.8. The fraction of sp³-hybridized carbons (Fsp3) is 0.867. The predicted octanol–water partition coefficient (Wildman–Crippen LogP) is 8.50. The SMILES string of the molecule is CCC(C)(C)C(=O)OCC(O)COC(=O)CSCC(C)C(=O)O.CCC(C)(C)C(=O)OCCC(C(F)(F)F)C(F)(F)C(F)(F)C(F)(F)C(F)(F)C(F)F.FF. The van der Waals surface area contributed by atoms with E-state index in [1.807, 2.05) is 6.92 Å². The van der Waals surface area contributed by atoms with E-state index in [1.54, 1.807) is 20.8 Å². The molecule has 0 aromatic carbocycles. The third-order valence-electron chi connectivity index (χ3n) is 7.70. The lowest BCUT2D eigenvalue weighted by atomic mass is 9.87. The number of hydrogen-bond acceptors (Lipinski definition) is 9. The van der Waals surface area contributed by atoms with Crippen molar-refractivity contribution >= 4 is 35.6 Å². The first-order chi connectivity index (χ1) is 24.6. The van der Waals surface area contributed by atoms with E-state index in [0.717, 1.165) is 11.8 Å². The summed E-state index contributed by atoms with van der Waals surface area (Å²) >= 11 is 1.15. The van der Waals surface area contributed by atoms with Crippen molar-refractivity contribution < 1.29 is 110 Å². The van der Waals surface area contributed by atoms with Crippen molar-refractivity contribution in [2.45, 2.75) is 110 Å². The highest BCUT2D eigenvalue weighted by Crippen LogP contribution is 2.58. The number of carboxylic acids is 1. The van der Waals surface area contributed by atoms with Gasteiger partial charge in [0.2, 0.25) is 0 Å². The third kappa shape index (κ3) is 16.6. The van der Waals surface area contributed by atoms with Crippen molar-refractivity contribution in [2.24, 2.45) is 22.7 Å². The Labute approximate surface area is 309 Å². The Bertz CT molecular complexity index is 1200. The average molecular weight is 865 g/mol. The van der Waals surface area contributed by atoms with Crippen molar-refractivity contribution in [1.29, 1.82) is 0 Å². The molecule has 0 saturated carbocycles. The average Bonchev–Trinajstić information content (AvgIpc) is 3.07. The van der Waals surface area contributed by atoms with Crippen molar-refractivity contribution in [2.75, 3.05) is 31.3 Å². The van der Waals surface area contributed by atoms with Gasteiger partial charge in [-0.05, 0) is 47.0 Å². The monoisotopic (exact) mass is 864 g/mol. The Hall–Kier alpha value is -2.86. The molecule has 0 aromatic heterocycles. The zero-order valence-corrected chi connectivity index (χ0v) is 31.1. The number of carbonyl (C=O) groups excluding carboxylic acids is 3. The van der Waals surface area contributed by atoms with Crippen LogP contribution in [0.2, 0.25) is 0 Å². The van der Waals surface area contributed by atoms with Gasteiger partial charge in [-0.3, -0.25) is 19.2 Å². The van der Waals surface area contributed by atoms with Crippen molar-refractivity contribution in [1.82, 2.24) is 0 Å². The molecule has 3 atom stereocenters. The van der Waals surface area contributed by atoms with E-state index in [4.69, 9.17) is 23.7 Å². The van der Waals surface area contributed by atoms with Crippen molar-refractivity contribution in [3.8, 4) is 0 Å². The van der Waals surface area contributed by atoms with Crippen LogP contribution < -0.4 is 0 Å². The summed E-state index contributed by atoms with van der Waals surface area (Å²) in [6.07, 6.45) is -14.6. The highest BCUT2D eigenvalue weighted by Gasteiger charge is 2.85. The molecule has 328 valence electrons. The van der Waals surface area contributed by atoms with Gasteiger partial charge < -0.3 is 24.4 Å². The van der Waals surface area contributed by atoms with Crippen LogP contribution in [0.3, 0.4) is 0 Å². The molecule has 0 aliphatic rings. The fourth-order valence-corrected chi connectivity index (χ4v) is 3.98. The fourth-order valence-electron chi connectivity index (χ4n) is 3.11. The van der Waals surface area contributed by atoms with Gasteiger partial charge in [-0.1, -0.05) is 20.8 Å². The van der Waals surface area contributed by atoms with Crippen LogP contribution in [0.4, 0.5) is 66.2 Å². The van der Waals surface area contributed by atoms with Gasteiger partial charge in [0.05, 0.1) is 29.1 Å². The first kappa shape index (κ1) is 56.5. The summed E-state index contributed by atoms with van der Waals surface area (Å²) in [4.78, 5) is 45.3. The smallest absolute Gasteiger partial charge is 0.397 e. The summed E-state index contributed by atoms with van der Waals surface area (Å²) in [5, 5.41) is 18.3. The van der Waals surface area contributed by atoms with Crippen molar-refractivity contribution in [3.63, 3.8) is 0 Å². The molecule has 0 saturated heterocycles. The number of ether oxygens (including phenoxy) is 3. The molecule has 9 nitrogen and oxygen atoms in total. The van der Waals surface area contributed by atoms with Crippen molar-refractivity contribution in [3.05, 3.63) is 0 Å². The molecule has 55 heavy (non-hydrogen) atoms. The van der Waals surface area contributed by atoms with Gasteiger partial charge in [-0.15, -0.1) is 11.8 Å². The second-order valence-electron chi connectivity index (χ2n) is 12.9. The largest absolute Gasteiger partial charge is 0.481 e. The van der Waals surface area contributed by atoms with Crippen LogP contribution >= 0.6 is 11.8 Å². The van der Waals surface area contributed by atoms with E-state index in [2.05, 4.69) is 4.74 Å². The molecule has 0 aliphatic heterocycles. The van der Waals surface area contributed by atoms with Crippen LogP contribution in [0.1, 0.15) is 67.7 Å². The summed E-state index contributed by atoms with van der Waals surface area (Å²) in [5.74, 6) is -37.2. The minimum Gasteiger partial charge on any atom is -0.481 e. The highest BCUT2D eigenvalue weighted by molar-refractivity contribution is 7.99. The number of rotatable bonds is 21. The molecule has 0 heterocycles. The van der Waals surface area contributed by atoms with E-state index in [9.17, 15) is 81.4 Å². The lowest BCUT2D eigenvalue weighted by molar-refractivity contribution is -0.405. The van der Waals surface area contributed by atoms with Crippen LogP contribution in [-0.2, 0) is 33.4 Å². The molecule has 0 bridgehead atoms. The molecule has 0 rings (SSSR count). The lowest BCUT2D eigenvalue weighted by Crippen LogP contribution is -2.67. The van der Waals surface area contributed by atoms with E-state index >= 15 is 0 Å². The zero-order valence-electron chi connectivity index (χ0n) is 30.3. The predicted molar refractivity (Wildman–Crippen MR) is 163 cm³/mol. The molecule has 0 amide bonds. The topological polar surface area (TPSA) is 136 Å². The summed E-state index contributed by atoms with van der Waals surface area (Å²) in [6, 6.07) is 0. The number of aliphatic hydroxyl groups excluding tert-OH is 1. The quantitative estimate of drug-likeness (QED) is 0.0657. The van der Waals surface area contributed by atoms with Crippen LogP contribution in [0, 0.1) is 22.7 Å². The summed E-state index contributed by atoms with van der Waals surface area (Å²) in [7, 11) is 0.